The van der Waals surface area contributed by atoms with Gasteiger partial charge >= 0.3 is 0 Å². The van der Waals surface area contributed by atoms with E-state index in [1.165, 1.54) is 6.07 Å². The molecule has 2 aromatic carbocycles. The van der Waals surface area contributed by atoms with Crippen LogP contribution in [0.15, 0.2) is 68.2 Å². The minimum absolute atomic E-state index is 0.00116. The lowest BCUT2D eigenvalue weighted by atomic mass is 10.0. The number of rotatable bonds is 9. The lowest BCUT2D eigenvalue weighted by molar-refractivity contribution is -0.120. The maximum absolute atomic E-state index is 13.4. The van der Waals surface area contributed by atoms with Crippen molar-refractivity contribution in [2.45, 2.75) is 19.4 Å². The standard InChI is InChI=1S/C31H35N3O6/c1-20-17-27(35)31-30(39-20)25(29(40-31)22-7-11-24(38-4)12-8-22)18-28(36)32-19-26(34-15-13-33(2)14-16-34)21-5-9-23(37-3)10-6-21/h5-12,17,26H,13-16,18-19H2,1-4H3,(H,32,36). The highest BCUT2D eigenvalue weighted by molar-refractivity contribution is 5.90. The van der Waals surface area contributed by atoms with Gasteiger partial charge in [0, 0.05) is 44.4 Å². The molecule has 9 nitrogen and oxygen atoms in total. The van der Waals surface area contributed by atoms with Gasteiger partial charge in [-0.2, -0.15) is 0 Å². The minimum Gasteiger partial charge on any atom is -0.497 e. The van der Waals surface area contributed by atoms with Gasteiger partial charge in [-0.15, -0.1) is 0 Å². The molecule has 0 spiro atoms. The third-order valence-electron chi connectivity index (χ3n) is 7.44. The molecule has 1 saturated heterocycles. The number of hydrogen-bond donors (Lipinski definition) is 1. The highest BCUT2D eigenvalue weighted by Gasteiger charge is 2.26. The van der Waals surface area contributed by atoms with Gasteiger partial charge in [0.25, 0.3) is 0 Å². The van der Waals surface area contributed by atoms with Crippen molar-refractivity contribution in [1.29, 1.82) is 0 Å². The Balaban J connectivity index is 1.41. The number of carbonyl (C=O) groups excluding carboxylic acids is 1. The molecular weight excluding hydrogens is 510 g/mol. The van der Waals surface area contributed by atoms with Gasteiger partial charge in [0.05, 0.1) is 32.2 Å². The van der Waals surface area contributed by atoms with Crippen LogP contribution in [0.2, 0.25) is 0 Å². The lowest BCUT2D eigenvalue weighted by Gasteiger charge is -2.38. The molecule has 0 radical (unpaired) electrons. The molecule has 210 valence electrons. The zero-order valence-corrected chi connectivity index (χ0v) is 23.4. The molecule has 0 saturated carbocycles. The number of fused-ring (bicyclic) bond motifs is 1. The van der Waals surface area contributed by atoms with E-state index in [1.54, 1.807) is 21.1 Å². The van der Waals surface area contributed by atoms with Crippen LogP contribution in [0.25, 0.3) is 22.5 Å². The molecule has 1 atom stereocenters. The van der Waals surface area contributed by atoms with Gasteiger partial charge in [-0.1, -0.05) is 12.1 Å². The normalized spacial score (nSPS) is 15.2. The number of nitrogens with one attached hydrogen (secondary N) is 1. The Morgan fingerprint density at radius 1 is 0.925 bits per heavy atom. The first-order valence-corrected chi connectivity index (χ1v) is 13.4. The van der Waals surface area contributed by atoms with E-state index in [2.05, 4.69) is 34.3 Å². The number of aryl methyl sites for hydroxylation is 1. The molecule has 1 N–H and O–H groups in total. The fourth-order valence-corrected chi connectivity index (χ4v) is 5.15. The molecule has 5 rings (SSSR count). The van der Waals surface area contributed by atoms with Crippen molar-refractivity contribution in [3.8, 4) is 22.8 Å². The second-order valence-corrected chi connectivity index (χ2v) is 10.1. The second-order valence-electron chi connectivity index (χ2n) is 10.1. The van der Waals surface area contributed by atoms with Gasteiger partial charge in [0.2, 0.25) is 16.9 Å². The molecule has 3 heterocycles. The van der Waals surface area contributed by atoms with Gasteiger partial charge in [0.15, 0.2) is 5.58 Å². The zero-order chi connectivity index (χ0) is 28.2. The lowest BCUT2D eigenvalue weighted by Crippen LogP contribution is -2.48. The predicted molar refractivity (Wildman–Crippen MR) is 153 cm³/mol. The van der Waals surface area contributed by atoms with E-state index in [-0.39, 0.29) is 29.4 Å². The smallest absolute Gasteiger partial charge is 0.228 e. The van der Waals surface area contributed by atoms with E-state index < -0.39 is 0 Å². The van der Waals surface area contributed by atoms with Gasteiger partial charge in [-0.3, -0.25) is 14.5 Å². The average molecular weight is 546 g/mol. The number of amides is 1. The third-order valence-corrected chi connectivity index (χ3v) is 7.44. The van der Waals surface area contributed by atoms with Crippen LogP contribution in [-0.2, 0) is 11.2 Å². The molecule has 1 aliphatic heterocycles. The van der Waals surface area contributed by atoms with E-state index in [9.17, 15) is 9.59 Å². The Kier molecular flexibility index (Phi) is 8.23. The van der Waals surface area contributed by atoms with Crippen molar-refractivity contribution in [2.24, 2.45) is 0 Å². The first-order chi connectivity index (χ1) is 19.4. The monoisotopic (exact) mass is 545 g/mol. The van der Waals surface area contributed by atoms with Gasteiger partial charge < -0.3 is 28.5 Å². The van der Waals surface area contributed by atoms with Crippen LogP contribution in [-0.4, -0.2) is 69.7 Å². The number of benzene rings is 2. The van der Waals surface area contributed by atoms with Crippen LogP contribution in [0.3, 0.4) is 0 Å². The number of furan rings is 1. The number of methoxy groups -OCH3 is 2. The second kappa shape index (κ2) is 12.0. The molecule has 1 fully saturated rings. The summed E-state index contributed by atoms with van der Waals surface area (Å²) < 4.78 is 22.6. The van der Waals surface area contributed by atoms with Crippen LogP contribution >= 0.6 is 0 Å². The highest BCUT2D eigenvalue weighted by atomic mass is 16.5. The Hall–Kier alpha value is -4.08. The number of likely N-dealkylation sites (N-methyl/N-ethyl adjacent to an activating group) is 1. The summed E-state index contributed by atoms with van der Waals surface area (Å²) in [6.45, 7) is 5.88. The van der Waals surface area contributed by atoms with Gasteiger partial charge in [0.1, 0.15) is 23.0 Å². The average Bonchev–Trinajstić information content (AvgIpc) is 3.32. The summed E-state index contributed by atoms with van der Waals surface area (Å²) in [5, 5.41) is 3.14. The summed E-state index contributed by atoms with van der Waals surface area (Å²) in [7, 11) is 5.37. The molecule has 4 aromatic rings. The fourth-order valence-electron chi connectivity index (χ4n) is 5.15. The molecular formula is C31H35N3O6. The van der Waals surface area contributed by atoms with E-state index in [4.69, 9.17) is 18.3 Å². The van der Waals surface area contributed by atoms with Crippen molar-refractivity contribution in [1.82, 2.24) is 15.1 Å². The SMILES string of the molecule is COc1ccc(-c2oc3c(=O)cc(C)oc3c2CC(=O)NCC(c2ccc(OC)cc2)N2CCN(C)CC2)cc1. The highest BCUT2D eigenvalue weighted by Crippen LogP contribution is 2.34. The Bertz CT molecular complexity index is 1520. The quantitative estimate of drug-likeness (QED) is 0.337. The number of carbonyl (C=O) groups is 1. The molecule has 2 aromatic heterocycles. The van der Waals surface area contributed by atoms with E-state index in [1.807, 2.05) is 36.4 Å². The van der Waals surface area contributed by atoms with E-state index >= 15 is 0 Å². The number of piperazine rings is 1. The largest absolute Gasteiger partial charge is 0.497 e. The Morgan fingerprint density at radius 2 is 1.55 bits per heavy atom. The van der Waals surface area contributed by atoms with Crippen molar-refractivity contribution in [3.63, 3.8) is 0 Å². The molecule has 9 heteroatoms. The van der Waals surface area contributed by atoms with Crippen LogP contribution in [0, 0.1) is 6.92 Å². The predicted octanol–water partition coefficient (Wildman–Crippen LogP) is 4.03. The summed E-state index contributed by atoms with van der Waals surface area (Å²) in [4.78, 5) is 30.9. The topological polar surface area (TPSA) is 97.4 Å². The molecule has 1 unspecified atom stereocenters. The number of hydrogen-bond acceptors (Lipinski definition) is 8. The number of nitrogens with zero attached hydrogens (tertiary/aromatic N) is 2. The zero-order valence-electron chi connectivity index (χ0n) is 23.4. The molecule has 0 bridgehead atoms. The van der Waals surface area contributed by atoms with Crippen LogP contribution in [0.1, 0.15) is 22.9 Å². The maximum atomic E-state index is 13.4. The van der Waals surface area contributed by atoms with Crippen molar-refractivity contribution < 1.29 is 23.1 Å². The van der Waals surface area contributed by atoms with Crippen molar-refractivity contribution in [3.05, 3.63) is 81.7 Å². The van der Waals surface area contributed by atoms with E-state index in [0.717, 1.165) is 43.1 Å². The summed E-state index contributed by atoms with van der Waals surface area (Å²) >= 11 is 0. The summed E-state index contributed by atoms with van der Waals surface area (Å²) in [6.07, 6.45) is -0.00116. The Labute approximate surface area is 233 Å². The molecule has 40 heavy (non-hydrogen) atoms. The van der Waals surface area contributed by atoms with Crippen LogP contribution < -0.4 is 20.2 Å². The Morgan fingerprint density at radius 3 is 2.17 bits per heavy atom. The van der Waals surface area contributed by atoms with Crippen LogP contribution in [0.5, 0.6) is 11.5 Å². The van der Waals surface area contributed by atoms with Gasteiger partial charge in [-0.25, -0.2) is 0 Å². The first-order valence-electron chi connectivity index (χ1n) is 13.4. The third kappa shape index (κ3) is 5.90. The first kappa shape index (κ1) is 27.5. The summed E-state index contributed by atoms with van der Waals surface area (Å²) in [6, 6.07) is 16.7. The van der Waals surface area contributed by atoms with Crippen molar-refractivity contribution >= 4 is 17.1 Å². The fraction of sp³-hybridized carbons (Fsp3) is 0.355. The van der Waals surface area contributed by atoms with Crippen molar-refractivity contribution in [2.75, 3.05) is 54.0 Å². The van der Waals surface area contributed by atoms with E-state index in [0.29, 0.717) is 35.0 Å². The van der Waals surface area contributed by atoms with Crippen LogP contribution in [0.4, 0.5) is 0 Å². The maximum Gasteiger partial charge on any atom is 0.228 e. The minimum atomic E-state index is -0.283. The molecule has 1 aliphatic rings. The van der Waals surface area contributed by atoms with Gasteiger partial charge in [-0.05, 0) is 55.9 Å². The number of ether oxygens (including phenoxy) is 2. The molecule has 1 amide bonds. The molecule has 0 aliphatic carbocycles. The summed E-state index contributed by atoms with van der Waals surface area (Å²) in [5.41, 5.74) is 2.50. The summed E-state index contributed by atoms with van der Waals surface area (Å²) in [5.74, 6) is 2.19.